The highest BCUT2D eigenvalue weighted by molar-refractivity contribution is 5.80. The monoisotopic (exact) mass is 268 g/mol. The molecule has 2 rings (SSSR count). The third kappa shape index (κ3) is 3.29. The van der Waals surface area contributed by atoms with Gasteiger partial charge in [0.15, 0.2) is 0 Å². The molecule has 0 radical (unpaired) electrons. The minimum Gasteiger partial charge on any atom is -0.393 e. The van der Waals surface area contributed by atoms with Crippen LogP contribution in [-0.4, -0.2) is 40.6 Å². The summed E-state index contributed by atoms with van der Waals surface area (Å²) in [5, 5.41) is 9.81. The Balaban J connectivity index is 2.06. The molecule has 2 saturated heterocycles. The van der Waals surface area contributed by atoms with E-state index in [4.69, 9.17) is 5.73 Å². The summed E-state index contributed by atoms with van der Waals surface area (Å²) in [5.74, 6) is 0.148. The van der Waals surface area contributed by atoms with Crippen LogP contribution < -0.4 is 5.73 Å². The molecule has 0 aromatic heterocycles. The number of aliphatic hydroxyl groups is 1. The van der Waals surface area contributed by atoms with Crippen molar-refractivity contribution in [3.05, 3.63) is 0 Å². The van der Waals surface area contributed by atoms with Crippen molar-refractivity contribution >= 4 is 5.91 Å². The number of amides is 1. The third-order valence-corrected chi connectivity index (χ3v) is 4.46. The Bertz CT molecular complexity index is 324. The van der Waals surface area contributed by atoms with Gasteiger partial charge in [-0.15, -0.1) is 0 Å². The van der Waals surface area contributed by atoms with Crippen LogP contribution in [0.1, 0.15) is 52.9 Å². The molecule has 2 bridgehead atoms. The number of rotatable bonds is 3. The van der Waals surface area contributed by atoms with Gasteiger partial charge in [-0.1, -0.05) is 20.8 Å². The highest BCUT2D eigenvalue weighted by Crippen LogP contribution is 2.37. The van der Waals surface area contributed by atoms with Gasteiger partial charge in [0.1, 0.15) is 0 Å². The van der Waals surface area contributed by atoms with Crippen LogP contribution >= 0.6 is 0 Å². The van der Waals surface area contributed by atoms with E-state index >= 15 is 0 Å². The van der Waals surface area contributed by atoms with Gasteiger partial charge in [0.25, 0.3) is 0 Å². The van der Waals surface area contributed by atoms with Crippen LogP contribution in [-0.2, 0) is 4.79 Å². The molecule has 2 fully saturated rings. The van der Waals surface area contributed by atoms with E-state index in [0.29, 0.717) is 6.54 Å². The number of hydrogen-bond donors (Lipinski definition) is 2. The maximum Gasteiger partial charge on any atom is 0.227 e. The van der Waals surface area contributed by atoms with E-state index in [9.17, 15) is 9.90 Å². The highest BCUT2D eigenvalue weighted by Gasteiger charge is 2.44. The van der Waals surface area contributed by atoms with Crippen molar-refractivity contribution in [3.8, 4) is 0 Å². The fourth-order valence-corrected chi connectivity index (χ4v) is 3.73. The summed E-state index contributed by atoms with van der Waals surface area (Å²) in [6, 6.07) is 0.491. The molecule has 1 amide bonds. The summed E-state index contributed by atoms with van der Waals surface area (Å²) in [4.78, 5) is 14.8. The van der Waals surface area contributed by atoms with Gasteiger partial charge in [0, 0.05) is 18.6 Å². The van der Waals surface area contributed by atoms with Crippen LogP contribution in [0.5, 0.6) is 0 Å². The number of nitrogens with two attached hydrogens (primary N) is 1. The predicted octanol–water partition coefficient (Wildman–Crippen LogP) is 1.51. The van der Waals surface area contributed by atoms with Gasteiger partial charge in [-0.25, -0.2) is 0 Å². The first-order valence-corrected chi connectivity index (χ1v) is 7.52. The van der Waals surface area contributed by atoms with Crippen LogP contribution in [0.3, 0.4) is 0 Å². The van der Waals surface area contributed by atoms with Crippen molar-refractivity contribution < 1.29 is 9.90 Å². The van der Waals surface area contributed by atoms with Crippen LogP contribution in [0.2, 0.25) is 0 Å². The van der Waals surface area contributed by atoms with E-state index < -0.39 is 0 Å². The quantitative estimate of drug-likeness (QED) is 0.815. The molecule has 0 saturated carbocycles. The molecular weight excluding hydrogens is 240 g/mol. The molecule has 0 aromatic rings. The summed E-state index contributed by atoms with van der Waals surface area (Å²) in [5.41, 5.74) is 5.95. The molecule has 3 N–H and O–H groups in total. The Hall–Kier alpha value is -0.610. The number of carbonyl (C=O) groups is 1. The van der Waals surface area contributed by atoms with E-state index in [1.807, 2.05) is 0 Å². The lowest BCUT2D eigenvalue weighted by Crippen LogP contribution is -2.51. The molecule has 2 aliphatic heterocycles. The largest absolute Gasteiger partial charge is 0.393 e. The summed E-state index contributed by atoms with van der Waals surface area (Å²) in [6.07, 6.45) is 4.19. The Morgan fingerprint density at radius 3 is 2.26 bits per heavy atom. The number of piperidine rings is 1. The second-order valence-electron chi connectivity index (χ2n) is 7.45. The molecule has 2 aliphatic rings. The van der Waals surface area contributed by atoms with Crippen molar-refractivity contribution in [2.24, 2.45) is 17.1 Å². The SMILES string of the molecule is CC(C)(C)CC(CN)C(=O)N1C2CCC1CC(O)C2. The molecule has 0 aliphatic carbocycles. The molecular formula is C15H28N2O2. The molecule has 4 heteroatoms. The summed E-state index contributed by atoms with van der Waals surface area (Å²) in [7, 11) is 0. The maximum absolute atomic E-state index is 12.7. The van der Waals surface area contributed by atoms with Crippen molar-refractivity contribution in [2.45, 2.75) is 71.1 Å². The van der Waals surface area contributed by atoms with Crippen LogP contribution in [0, 0.1) is 11.3 Å². The molecule has 19 heavy (non-hydrogen) atoms. The summed E-state index contributed by atoms with van der Waals surface area (Å²) < 4.78 is 0. The van der Waals surface area contributed by atoms with Crippen molar-refractivity contribution in [1.29, 1.82) is 0 Å². The second-order valence-corrected chi connectivity index (χ2v) is 7.45. The molecule has 0 aromatic carbocycles. The van der Waals surface area contributed by atoms with Crippen LogP contribution in [0.4, 0.5) is 0 Å². The number of fused-ring (bicyclic) bond motifs is 2. The lowest BCUT2D eigenvalue weighted by Gasteiger charge is -2.40. The highest BCUT2D eigenvalue weighted by atomic mass is 16.3. The van der Waals surface area contributed by atoms with Gasteiger partial charge in [0.2, 0.25) is 5.91 Å². The minimum absolute atomic E-state index is 0.0710. The third-order valence-electron chi connectivity index (χ3n) is 4.46. The molecule has 4 nitrogen and oxygen atoms in total. The number of hydrogen-bond acceptors (Lipinski definition) is 3. The molecule has 110 valence electrons. The molecule has 3 unspecified atom stereocenters. The van der Waals surface area contributed by atoms with Gasteiger partial charge in [-0.3, -0.25) is 4.79 Å². The predicted molar refractivity (Wildman–Crippen MR) is 75.5 cm³/mol. The second kappa shape index (κ2) is 5.41. The topological polar surface area (TPSA) is 66.6 Å². The van der Waals surface area contributed by atoms with Crippen LogP contribution in [0.25, 0.3) is 0 Å². The van der Waals surface area contributed by atoms with Gasteiger partial charge in [-0.05, 0) is 37.5 Å². The van der Waals surface area contributed by atoms with E-state index in [0.717, 1.165) is 32.1 Å². The summed E-state index contributed by atoms with van der Waals surface area (Å²) in [6.45, 7) is 6.88. The number of aliphatic hydroxyl groups excluding tert-OH is 1. The van der Waals surface area contributed by atoms with Crippen molar-refractivity contribution in [1.82, 2.24) is 4.90 Å². The zero-order valence-corrected chi connectivity index (χ0v) is 12.4. The lowest BCUT2D eigenvalue weighted by atomic mass is 9.83. The zero-order valence-electron chi connectivity index (χ0n) is 12.4. The Morgan fingerprint density at radius 1 is 1.32 bits per heavy atom. The average Bonchev–Trinajstić information content (AvgIpc) is 2.56. The van der Waals surface area contributed by atoms with E-state index in [1.165, 1.54) is 0 Å². The summed E-state index contributed by atoms with van der Waals surface area (Å²) >= 11 is 0. The first kappa shape index (κ1) is 14.8. The standard InChI is InChI=1S/C15H28N2O2/c1-15(2,3)8-10(9-16)14(19)17-11-4-5-12(17)7-13(18)6-11/h10-13,18H,4-9,16H2,1-3H3. The van der Waals surface area contributed by atoms with E-state index in [-0.39, 0.29) is 35.4 Å². The smallest absolute Gasteiger partial charge is 0.227 e. The zero-order chi connectivity index (χ0) is 14.2. The van der Waals surface area contributed by atoms with Gasteiger partial charge < -0.3 is 15.7 Å². The fourth-order valence-electron chi connectivity index (χ4n) is 3.73. The normalized spacial score (nSPS) is 32.5. The fraction of sp³-hybridized carbons (Fsp3) is 0.933. The molecule has 0 spiro atoms. The Labute approximate surface area is 116 Å². The average molecular weight is 268 g/mol. The van der Waals surface area contributed by atoms with Gasteiger partial charge in [-0.2, -0.15) is 0 Å². The molecule has 3 atom stereocenters. The van der Waals surface area contributed by atoms with Gasteiger partial charge >= 0.3 is 0 Å². The van der Waals surface area contributed by atoms with Gasteiger partial charge in [0.05, 0.1) is 12.0 Å². The van der Waals surface area contributed by atoms with E-state index in [1.54, 1.807) is 0 Å². The Morgan fingerprint density at radius 2 is 1.84 bits per heavy atom. The Kier molecular flexibility index (Phi) is 4.21. The number of nitrogens with zero attached hydrogens (tertiary/aromatic N) is 1. The lowest BCUT2D eigenvalue weighted by molar-refractivity contribution is -0.142. The first-order chi connectivity index (χ1) is 8.81. The van der Waals surface area contributed by atoms with Crippen molar-refractivity contribution in [2.75, 3.05) is 6.54 Å². The first-order valence-electron chi connectivity index (χ1n) is 7.52. The van der Waals surface area contributed by atoms with Crippen molar-refractivity contribution in [3.63, 3.8) is 0 Å². The van der Waals surface area contributed by atoms with Crippen LogP contribution in [0.15, 0.2) is 0 Å². The maximum atomic E-state index is 12.7. The number of carbonyl (C=O) groups excluding carboxylic acids is 1. The molecule has 2 heterocycles. The van der Waals surface area contributed by atoms with E-state index in [2.05, 4.69) is 25.7 Å². The minimum atomic E-state index is -0.222.